The van der Waals surface area contributed by atoms with Gasteiger partial charge in [-0.15, -0.1) is 0 Å². The van der Waals surface area contributed by atoms with Crippen molar-refractivity contribution < 1.29 is 19.6 Å². The van der Waals surface area contributed by atoms with Crippen LogP contribution in [0.1, 0.15) is 12.5 Å². The van der Waals surface area contributed by atoms with Crippen LogP contribution in [0, 0.1) is 10.1 Å². The molecule has 0 amide bonds. The Morgan fingerprint density at radius 2 is 2.10 bits per heavy atom. The molecule has 21 heavy (non-hydrogen) atoms. The van der Waals surface area contributed by atoms with E-state index in [1.807, 2.05) is 4.90 Å². The molecule has 0 spiro atoms. The molecule has 1 aliphatic heterocycles. The fourth-order valence-electron chi connectivity index (χ4n) is 2.16. The van der Waals surface area contributed by atoms with E-state index in [4.69, 9.17) is 9.84 Å². The molecule has 0 aliphatic carbocycles. The SMILES string of the molecule is C/C(=C\c1cc([N+](=O)[O-])ccc1N1CCOCC1)C(=O)O. The van der Waals surface area contributed by atoms with Crippen LogP contribution in [0.3, 0.4) is 0 Å². The second-order valence-electron chi connectivity index (χ2n) is 4.73. The monoisotopic (exact) mass is 292 g/mol. The molecule has 1 aromatic rings. The molecule has 112 valence electrons. The molecule has 0 unspecified atom stereocenters. The fraction of sp³-hybridized carbons (Fsp3) is 0.357. The Balaban J connectivity index is 2.45. The largest absolute Gasteiger partial charge is 0.478 e. The van der Waals surface area contributed by atoms with Gasteiger partial charge in [0.25, 0.3) is 5.69 Å². The van der Waals surface area contributed by atoms with Gasteiger partial charge in [0.05, 0.1) is 18.1 Å². The molecule has 0 saturated carbocycles. The lowest BCUT2D eigenvalue weighted by atomic mass is 10.1. The number of benzene rings is 1. The van der Waals surface area contributed by atoms with Gasteiger partial charge in [0.15, 0.2) is 0 Å². The van der Waals surface area contributed by atoms with Gasteiger partial charge in [-0.1, -0.05) is 0 Å². The normalized spacial score (nSPS) is 15.9. The predicted octanol–water partition coefficient (Wildman–Crippen LogP) is 1.92. The van der Waals surface area contributed by atoms with Crippen molar-refractivity contribution in [3.63, 3.8) is 0 Å². The van der Waals surface area contributed by atoms with Crippen LogP contribution >= 0.6 is 0 Å². The summed E-state index contributed by atoms with van der Waals surface area (Å²) in [6.45, 7) is 3.97. The number of rotatable bonds is 4. The predicted molar refractivity (Wildman–Crippen MR) is 77.4 cm³/mol. The summed E-state index contributed by atoms with van der Waals surface area (Å²) in [5.74, 6) is -1.05. The number of carbonyl (C=O) groups is 1. The van der Waals surface area contributed by atoms with Crippen molar-refractivity contribution in [1.82, 2.24) is 0 Å². The van der Waals surface area contributed by atoms with Gasteiger partial charge in [0, 0.05) is 42.0 Å². The van der Waals surface area contributed by atoms with E-state index in [0.717, 1.165) is 5.69 Å². The van der Waals surface area contributed by atoms with E-state index in [0.29, 0.717) is 31.9 Å². The molecule has 0 atom stereocenters. The molecular weight excluding hydrogens is 276 g/mol. The van der Waals surface area contributed by atoms with Crippen LogP contribution in [-0.4, -0.2) is 42.3 Å². The van der Waals surface area contributed by atoms with Gasteiger partial charge in [0.1, 0.15) is 0 Å². The average molecular weight is 292 g/mol. The maximum Gasteiger partial charge on any atom is 0.331 e. The van der Waals surface area contributed by atoms with E-state index >= 15 is 0 Å². The number of carboxylic acids is 1. The minimum Gasteiger partial charge on any atom is -0.478 e. The molecule has 7 nitrogen and oxygen atoms in total. The second-order valence-corrected chi connectivity index (χ2v) is 4.73. The van der Waals surface area contributed by atoms with Crippen LogP contribution in [-0.2, 0) is 9.53 Å². The molecular formula is C14H16N2O5. The van der Waals surface area contributed by atoms with E-state index < -0.39 is 10.9 Å². The van der Waals surface area contributed by atoms with Crippen molar-refractivity contribution >= 4 is 23.4 Å². The first kappa shape index (κ1) is 15.0. The molecule has 0 aromatic heterocycles. The number of nitro benzene ring substituents is 1. The summed E-state index contributed by atoms with van der Waals surface area (Å²) < 4.78 is 5.28. The summed E-state index contributed by atoms with van der Waals surface area (Å²) in [5, 5.41) is 19.9. The number of carboxylic acid groups (broad SMARTS) is 1. The number of hydrogen-bond donors (Lipinski definition) is 1. The molecule has 1 aliphatic rings. The number of anilines is 1. The van der Waals surface area contributed by atoms with Crippen LogP contribution in [0.15, 0.2) is 23.8 Å². The van der Waals surface area contributed by atoms with Crippen molar-refractivity contribution in [2.45, 2.75) is 6.92 Å². The highest BCUT2D eigenvalue weighted by molar-refractivity contribution is 5.93. The molecule has 1 saturated heterocycles. The maximum absolute atomic E-state index is 11.0. The van der Waals surface area contributed by atoms with Crippen LogP contribution in [0.4, 0.5) is 11.4 Å². The second kappa shape index (κ2) is 6.36. The molecule has 1 fully saturated rings. The number of aliphatic carboxylic acids is 1. The van der Waals surface area contributed by atoms with Crippen molar-refractivity contribution in [2.24, 2.45) is 0 Å². The Labute approximate surface area is 121 Å². The Hall–Kier alpha value is -2.41. The van der Waals surface area contributed by atoms with E-state index in [1.54, 1.807) is 6.07 Å². The van der Waals surface area contributed by atoms with Crippen molar-refractivity contribution in [3.05, 3.63) is 39.4 Å². The fourth-order valence-corrected chi connectivity index (χ4v) is 2.16. The quantitative estimate of drug-likeness (QED) is 0.517. The number of morpholine rings is 1. The zero-order valence-corrected chi connectivity index (χ0v) is 11.6. The summed E-state index contributed by atoms with van der Waals surface area (Å²) in [6.07, 6.45) is 1.46. The first-order valence-electron chi connectivity index (χ1n) is 6.52. The number of nitro groups is 1. The zero-order chi connectivity index (χ0) is 15.4. The highest BCUT2D eigenvalue weighted by Crippen LogP contribution is 2.28. The van der Waals surface area contributed by atoms with Crippen LogP contribution in [0.25, 0.3) is 6.08 Å². The van der Waals surface area contributed by atoms with E-state index in [2.05, 4.69) is 0 Å². The van der Waals surface area contributed by atoms with Crippen LogP contribution in [0.2, 0.25) is 0 Å². The molecule has 0 bridgehead atoms. The number of ether oxygens (including phenoxy) is 1. The lowest BCUT2D eigenvalue weighted by Crippen LogP contribution is -2.36. The van der Waals surface area contributed by atoms with E-state index in [1.165, 1.54) is 25.1 Å². The number of nitrogens with zero attached hydrogens (tertiary/aromatic N) is 2. The van der Waals surface area contributed by atoms with Crippen molar-refractivity contribution in [1.29, 1.82) is 0 Å². The third kappa shape index (κ3) is 3.57. The Morgan fingerprint density at radius 3 is 2.67 bits per heavy atom. The van der Waals surface area contributed by atoms with Gasteiger partial charge in [-0.2, -0.15) is 0 Å². The maximum atomic E-state index is 11.0. The van der Waals surface area contributed by atoms with Gasteiger partial charge in [-0.3, -0.25) is 10.1 Å². The number of hydrogen-bond acceptors (Lipinski definition) is 5. The molecule has 2 rings (SSSR count). The van der Waals surface area contributed by atoms with Gasteiger partial charge >= 0.3 is 5.97 Å². The Kier molecular flexibility index (Phi) is 4.54. The van der Waals surface area contributed by atoms with Crippen LogP contribution in [0.5, 0.6) is 0 Å². The Morgan fingerprint density at radius 1 is 1.43 bits per heavy atom. The lowest BCUT2D eigenvalue weighted by Gasteiger charge is -2.30. The summed E-state index contributed by atoms with van der Waals surface area (Å²) in [5.41, 5.74) is 1.39. The third-order valence-electron chi connectivity index (χ3n) is 3.28. The van der Waals surface area contributed by atoms with Gasteiger partial charge in [-0.05, 0) is 19.1 Å². The van der Waals surface area contributed by atoms with Gasteiger partial charge in [0.2, 0.25) is 0 Å². The van der Waals surface area contributed by atoms with Gasteiger partial charge < -0.3 is 14.7 Å². The minimum absolute atomic E-state index is 0.0588. The summed E-state index contributed by atoms with van der Waals surface area (Å²) in [6, 6.07) is 4.49. The summed E-state index contributed by atoms with van der Waals surface area (Å²) in [4.78, 5) is 23.4. The standard InChI is InChI=1S/C14H16N2O5/c1-10(14(17)18)8-11-9-12(16(19)20)2-3-13(11)15-4-6-21-7-5-15/h2-3,8-9H,4-7H2,1H3,(H,17,18)/b10-8+. The smallest absolute Gasteiger partial charge is 0.331 e. The molecule has 1 aromatic carbocycles. The minimum atomic E-state index is -1.05. The van der Waals surface area contributed by atoms with Crippen LogP contribution < -0.4 is 4.90 Å². The molecule has 0 radical (unpaired) electrons. The van der Waals surface area contributed by atoms with Crippen molar-refractivity contribution in [3.8, 4) is 0 Å². The average Bonchev–Trinajstić information content (AvgIpc) is 2.47. The Bertz CT molecular complexity index is 591. The lowest BCUT2D eigenvalue weighted by molar-refractivity contribution is -0.384. The molecule has 1 N–H and O–H groups in total. The first-order chi connectivity index (χ1) is 9.99. The van der Waals surface area contributed by atoms with E-state index in [-0.39, 0.29) is 11.3 Å². The molecule has 7 heteroatoms. The highest BCUT2D eigenvalue weighted by Gasteiger charge is 2.17. The first-order valence-corrected chi connectivity index (χ1v) is 6.52. The van der Waals surface area contributed by atoms with Gasteiger partial charge in [-0.25, -0.2) is 4.79 Å². The summed E-state index contributed by atoms with van der Waals surface area (Å²) in [7, 11) is 0. The van der Waals surface area contributed by atoms with E-state index in [9.17, 15) is 14.9 Å². The zero-order valence-electron chi connectivity index (χ0n) is 11.6. The molecule has 1 heterocycles. The topological polar surface area (TPSA) is 92.9 Å². The summed E-state index contributed by atoms with van der Waals surface area (Å²) >= 11 is 0. The van der Waals surface area contributed by atoms with Crippen molar-refractivity contribution in [2.75, 3.05) is 31.2 Å². The third-order valence-corrected chi connectivity index (χ3v) is 3.28. The number of non-ortho nitro benzene ring substituents is 1. The highest BCUT2D eigenvalue weighted by atomic mass is 16.6.